The molecule has 1 aliphatic heterocycles. The third-order valence-electron chi connectivity index (χ3n) is 2.70. The van der Waals surface area contributed by atoms with Crippen LogP contribution in [0.3, 0.4) is 0 Å². The molecule has 2 rings (SSSR count). The Labute approximate surface area is 99.5 Å². The van der Waals surface area contributed by atoms with Gasteiger partial charge in [0.15, 0.2) is 6.61 Å². The van der Waals surface area contributed by atoms with Gasteiger partial charge >= 0.3 is 11.9 Å². The summed E-state index contributed by atoms with van der Waals surface area (Å²) in [5.41, 5.74) is 1.82. The predicted octanol–water partition coefficient (Wildman–Crippen LogP) is 1.95. The van der Waals surface area contributed by atoms with E-state index in [2.05, 4.69) is 13.8 Å². The van der Waals surface area contributed by atoms with Gasteiger partial charge in [-0.3, -0.25) is 0 Å². The Hall–Kier alpha value is -1.84. The Morgan fingerprint density at radius 2 is 1.82 bits per heavy atom. The topological polar surface area (TPSA) is 52.6 Å². The lowest BCUT2D eigenvalue weighted by Crippen LogP contribution is -2.31. The van der Waals surface area contributed by atoms with E-state index in [1.165, 1.54) is 5.56 Å². The largest absolute Gasteiger partial charge is 0.451 e. The van der Waals surface area contributed by atoms with Gasteiger partial charge in [-0.2, -0.15) is 0 Å². The Balaban J connectivity index is 2.21. The van der Waals surface area contributed by atoms with Gasteiger partial charge in [-0.1, -0.05) is 38.1 Å². The van der Waals surface area contributed by atoms with Crippen molar-refractivity contribution < 1.29 is 19.1 Å². The molecule has 0 bridgehead atoms. The van der Waals surface area contributed by atoms with Gasteiger partial charge in [0.1, 0.15) is 0 Å². The van der Waals surface area contributed by atoms with E-state index in [-0.39, 0.29) is 6.61 Å². The molecule has 0 saturated carbocycles. The maximum atomic E-state index is 11.5. The van der Waals surface area contributed by atoms with E-state index in [1.54, 1.807) is 12.1 Å². The maximum absolute atomic E-state index is 11.5. The molecule has 1 heterocycles. The van der Waals surface area contributed by atoms with Crippen molar-refractivity contribution in [2.45, 2.75) is 25.9 Å². The standard InChI is InChI=1S/C13H14O4/c1-8(2)9-3-5-10(6-4-9)12-13(15)16-7-11(14)17-12/h3-6,8,12H,7H2,1-2H3. The average Bonchev–Trinajstić information content (AvgIpc) is 2.32. The van der Waals surface area contributed by atoms with E-state index in [1.807, 2.05) is 12.1 Å². The number of esters is 2. The van der Waals surface area contributed by atoms with Crippen LogP contribution in [0, 0.1) is 0 Å². The van der Waals surface area contributed by atoms with Crippen molar-refractivity contribution in [2.75, 3.05) is 6.61 Å². The summed E-state index contributed by atoms with van der Waals surface area (Å²) >= 11 is 0. The zero-order valence-electron chi connectivity index (χ0n) is 9.80. The van der Waals surface area contributed by atoms with E-state index < -0.39 is 18.0 Å². The van der Waals surface area contributed by atoms with Gasteiger partial charge < -0.3 is 9.47 Å². The van der Waals surface area contributed by atoms with E-state index in [0.29, 0.717) is 11.5 Å². The molecule has 0 radical (unpaired) electrons. The highest BCUT2D eigenvalue weighted by atomic mass is 16.6. The smallest absolute Gasteiger partial charge is 0.352 e. The first-order valence-corrected chi connectivity index (χ1v) is 5.54. The van der Waals surface area contributed by atoms with Crippen LogP contribution in [-0.2, 0) is 19.1 Å². The zero-order chi connectivity index (χ0) is 12.4. The molecule has 1 fully saturated rings. The van der Waals surface area contributed by atoms with Crippen molar-refractivity contribution in [3.05, 3.63) is 35.4 Å². The molecule has 1 aliphatic rings. The summed E-state index contributed by atoms with van der Waals surface area (Å²) in [6, 6.07) is 7.44. The number of hydrogen-bond acceptors (Lipinski definition) is 4. The molecular formula is C13H14O4. The summed E-state index contributed by atoms with van der Waals surface area (Å²) in [7, 11) is 0. The highest BCUT2D eigenvalue weighted by Crippen LogP contribution is 2.24. The zero-order valence-corrected chi connectivity index (χ0v) is 9.80. The summed E-state index contributed by atoms with van der Waals surface area (Å²) in [4.78, 5) is 22.5. The van der Waals surface area contributed by atoms with Crippen LogP contribution in [0.5, 0.6) is 0 Å². The number of rotatable bonds is 2. The lowest BCUT2D eigenvalue weighted by atomic mass is 10.00. The molecule has 1 saturated heterocycles. The number of benzene rings is 1. The molecule has 4 heteroatoms. The normalized spacial score (nSPS) is 20.1. The van der Waals surface area contributed by atoms with Crippen LogP contribution >= 0.6 is 0 Å². The molecule has 0 spiro atoms. The molecule has 90 valence electrons. The second-order valence-electron chi connectivity index (χ2n) is 4.30. The minimum atomic E-state index is -0.919. The van der Waals surface area contributed by atoms with Crippen LogP contribution in [0.4, 0.5) is 0 Å². The Kier molecular flexibility index (Phi) is 3.13. The minimum Gasteiger partial charge on any atom is -0.451 e. The van der Waals surface area contributed by atoms with Crippen LogP contribution in [0.1, 0.15) is 37.0 Å². The fourth-order valence-electron chi connectivity index (χ4n) is 1.68. The Bertz CT molecular complexity index is 433. The molecule has 17 heavy (non-hydrogen) atoms. The second kappa shape index (κ2) is 4.57. The molecular weight excluding hydrogens is 220 g/mol. The second-order valence-corrected chi connectivity index (χ2v) is 4.30. The van der Waals surface area contributed by atoms with Gasteiger partial charge in [0.05, 0.1) is 0 Å². The maximum Gasteiger partial charge on any atom is 0.352 e. The number of carbonyl (C=O) groups excluding carboxylic acids is 2. The summed E-state index contributed by atoms with van der Waals surface area (Å²) in [6.45, 7) is 3.88. The summed E-state index contributed by atoms with van der Waals surface area (Å²) in [5, 5.41) is 0. The molecule has 1 aromatic carbocycles. The number of cyclic esters (lactones) is 2. The van der Waals surface area contributed by atoms with Crippen molar-refractivity contribution in [3.8, 4) is 0 Å². The molecule has 0 aromatic heterocycles. The third-order valence-corrected chi connectivity index (χ3v) is 2.70. The van der Waals surface area contributed by atoms with Crippen molar-refractivity contribution in [3.63, 3.8) is 0 Å². The van der Waals surface area contributed by atoms with Gasteiger partial charge in [0.2, 0.25) is 6.10 Å². The summed E-state index contributed by atoms with van der Waals surface area (Å²) in [5.74, 6) is -0.602. The highest BCUT2D eigenvalue weighted by molar-refractivity contribution is 5.86. The lowest BCUT2D eigenvalue weighted by molar-refractivity contribution is -0.185. The van der Waals surface area contributed by atoms with Gasteiger partial charge in [0, 0.05) is 5.56 Å². The Morgan fingerprint density at radius 1 is 1.18 bits per heavy atom. The molecule has 1 atom stereocenters. The molecule has 1 unspecified atom stereocenters. The van der Waals surface area contributed by atoms with Gasteiger partial charge in [-0.05, 0) is 11.5 Å². The van der Waals surface area contributed by atoms with Crippen molar-refractivity contribution >= 4 is 11.9 Å². The lowest BCUT2D eigenvalue weighted by Gasteiger charge is -2.21. The first-order valence-electron chi connectivity index (χ1n) is 5.54. The number of carbonyl (C=O) groups is 2. The fraction of sp³-hybridized carbons (Fsp3) is 0.385. The van der Waals surface area contributed by atoms with Crippen molar-refractivity contribution in [1.29, 1.82) is 0 Å². The third kappa shape index (κ3) is 2.46. The van der Waals surface area contributed by atoms with E-state index >= 15 is 0 Å². The summed E-state index contributed by atoms with van der Waals surface area (Å²) in [6.07, 6.45) is -0.919. The summed E-state index contributed by atoms with van der Waals surface area (Å²) < 4.78 is 9.69. The van der Waals surface area contributed by atoms with Gasteiger partial charge in [-0.25, -0.2) is 9.59 Å². The van der Waals surface area contributed by atoms with Crippen LogP contribution in [0.25, 0.3) is 0 Å². The van der Waals surface area contributed by atoms with E-state index in [9.17, 15) is 9.59 Å². The van der Waals surface area contributed by atoms with Gasteiger partial charge in [0.25, 0.3) is 0 Å². The van der Waals surface area contributed by atoms with Crippen LogP contribution < -0.4 is 0 Å². The quantitative estimate of drug-likeness (QED) is 0.734. The molecule has 0 aliphatic carbocycles. The van der Waals surface area contributed by atoms with E-state index in [0.717, 1.165) is 0 Å². The van der Waals surface area contributed by atoms with Crippen LogP contribution in [0.2, 0.25) is 0 Å². The molecule has 0 N–H and O–H groups in total. The van der Waals surface area contributed by atoms with Crippen molar-refractivity contribution in [1.82, 2.24) is 0 Å². The Morgan fingerprint density at radius 3 is 2.41 bits per heavy atom. The first-order chi connectivity index (χ1) is 8.08. The monoisotopic (exact) mass is 234 g/mol. The average molecular weight is 234 g/mol. The first kappa shape index (κ1) is 11.6. The van der Waals surface area contributed by atoms with Crippen LogP contribution in [0.15, 0.2) is 24.3 Å². The van der Waals surface area contributed by atoms with Gasteiger partial charge in [-0.15, -0.1) is 0 Å². The molecule has 4 nitrogen and oxygen atoms in total. The molecule has 0 amide bonds. The predicted molar refractivity (Wildman–Crippen MR) is 60.3 cm³/mol. The van der Waals surface area contributed by atoms with Crippen molar-refractivity contribution in [2.24, 2.45) is 0 Å². The van der Waals surface area contributed by atoms with E-state index in [4.69, 9.17) is 9.47 Å². The number of ether oxygens (including phenoxy) is 2. The highest BCUT2D eigenvalue weighted by Gasteiger charge is 2.31. The SMILES string of the molecule is CC(C)c1ccc(C2OC(=O)COC2=O)cc1. The number of hydrogen-bond donors (Lipinski definition) is 0. The van der Waals surface area contributed by atoms with Crippen LogP contribution in [-0.4, -0.2) is 18.5 Å². The fourth-order valence-corrected chi connectivity index (χ4v) is 1.68. The minimum absolute atomic E-state index is 0.292. The molecule has 1 aromatic rings.